The summed E-state index contributed by atoms with van der Waals surface area (Å²) in [7, 11) is -1.56. The van der Waals surface area contributed by atoms with E-state index in [2.05, 4.69) is 0 Å². The van der Waals surface area contributed by atoms with Crippen LogP contribution in [0.15, 0.2) is 35.2 Å². The molecule has 2 aromatic carbocycles. The van der Waals surface area contributed by atoms with Gasteiger partial charge >= 0.3 is 0 Å². The van der Waals surface area contributed by atoms with Gasteiger partial charge in [-0.2, -0.15) is 0 Å². The average molecular weight is 359 g/mol. The molecule has 0 aliphatic carbocycles. The minimum absolute atomic E-state index is 0.280. The van der Waals surface area contributed by atoms with Gasteiger partial charge in [0, 0.05) is 12.1 Å². The monoisotopic (exact) mass is 358 g/mol. The van der Waals surface area contributed by atoms with Crippen molar-refractivity contribution in [2.45, 2.75) is 17.1 Å². The molecule has 0 aromatic heterocycles. The molecule has 0 amide bonds. The van der Waals surface area contributed by atoms with Crippen molar-refractivity contribution in [1.29, 1.82) is 0 Å². The van der Waals surface area contributed by atoms with Crippen molar-refractivity contribution in [3.8, 4) is 11.5 Å². The summed E-state index contributed by atoms with van der Waals surface area (Å²) < 4.78 is 50.0. The van der Waals surface area contributed by atoms with Gasteiger partial charge in [0.1, 0.15) is 13.2 Å². The molecule has 23 heavy (non-hydrogen) atoms. The molecule has 0 fully saturated rings. The second kappa shape index (κ2) is 6.45. The summed E-state index contributed by atoms with van der Waals surface area (Å²) in [4.78, 5) is 0.369. The van der Waals surface area contributed by atoms with E-state index in [9.17, 15) is 13.0 Å². The molecule has 2 aromatic rings. The summed E-state index contributed by atoms with van der Waals surface area (Å²) >= 11 is 6.18. The lowest BCUT2D eigenvalue weighted by molar-refractivity contribution is 0.171. The maximum Gasteiger partial charge on any atom is 0.162 e. The topological polar surface area (TPSA) is 35.5 Å². The summed E-state index contributed by atoms with van der Waals surface area (Å²) in [6.07, 6.45) is 0. The Hall–Kier alpha value is -1.66. The Kier molecular flexibility index (Phi) is 4.55. The lowest BCUT2D eigenvalue weighted by atomic mass is 10.1. The minimum Gasteiger partial charge on any atom is -0.486 e. The number of benzene rings is 2. The minimum atomic E-state index is -1.56. The molecular weight excluding hydrogens is 346 g/mol. The number of fused-ring (bicyclic) bond motifs is 1. The number of hydrogen-bond acceptors (Lipinski definition) is 3. The molecule has 0 N–H and O–H groups in total. The van der Waals surface area contributed by atoms with Crippen LogP contribution in [0.5, 0.6) is 11.5 Å². The molecule has 2 unspecified atom stereocenters. The van der Waals surface area contributed by atoms with Crippen molar-refractivity contribution in [1.82, 2.24) is 0 Å². The van der Waals surface area contributed by atoms with Crippen LogP contribution in [-0.2, 0) is 10.8 Å². The second-order valence-electron chi connectivity index (χ2n) is 5.04. The average Bonchev–Trinajstić information content (AvgIpc) is 2.55. The van der Waals surface area contributed by atoms with Crippen LogP contribution < -0.4 is 9.47 Å². The van der Waals surface area contributed by atoms with Gasteiger partial charge in [-0.05, 0) is 24.6 Å². The number of halogens is 3. The van der Waals surface area contributed by atoms with E-state index in [0.717, 1.165) is 12.1 Å². The molecule has 0 radical (unpaired) electrons. The van der Waals surface area contributed by atoms with Crippen molar-refractivity contribution < 1.29 is 22.5 Å². The van der Waals surface area contributed by atoms with Crippen LogP contribution in [0.2, 0.25) is 5.02 Å². The third-order valence-corrected chi connectivity index (χ3v) is 5.66. The zero-order valence-corrected chi connectivity index (χ0v) is 13.7. The van der Waals surface area contributed by atoms with Gasteiger partial charge in [0.25, 0.3) is 0 Å². The van der Waals surface area contributed by atoms with Crippen LogP contribution in [0.1, 0.15) is 17.7 Å². The molecule has 122 valence electrons. The van der Waals surface area contributed by atoms with Crippen LogP contribution in [0, 0.1) is 11.6 Å². The standard InChI is InChI=1S/C16H13ClF2O3S/c1-9(10-2-3-12(18)13(19)6-10)23(20)16-8-15-14(7-11(16)17)21-4-5-22-15/h2-3,6-9H,4-5H2,1H3. The summed E-state index contributed by atoms with van der Waals surface area (Å²) in [5.74, 6) is -0.937. The molecule has 3 rings (SSSR count). The largest absolute Gasteiger partial charge is 0.486 e. The Morgan fingerprint density at radius 3 is 2.39 bits per heavy atom. The van der Waals surface area contributed by atoms with Crippen LogP contribution in [-0.4, -0.2) is 17.4 Å². The second-order valence-corrected chi connectivity index (χ2v) is 7.19. The van der Waals surface area contributed by atoms with E-state index in [1.165, 1.54) is 6.07 Å². The lowest BCUT2D eigenvalue weighted by Gasteiger charge is -2.20. The first-order valence-electron chi connectivity index (χ1n) is 6.92. The molecular formula is C16H13ClF2O3S. The van der Waals surface area contributed by atoms with Crippen LogP contribution >= 0.6 is 11.6 Å². The summed E-state index contributed by atoms with van der Waals surface area (Å²) in [5, 5.41) is -0.285. The Bertz CT molecular complexity index is 782. The Morgan fingerprint density at radius 2 is 1.74 bits per heavy atom. The Morgan fingerprint density at radius 1 is 1.09 bits per heavy atom. The first-order chi connectivity index (χ1) is 11.0. The number of hydrogen-bond donors (Lipinski definition) is 0. The van der Waals surface area contributed by atoms with E-state index in [0.29, 0.717) is 35.2 Å². The van der Waals surface area contributed by atoms with Crippen LogP contribution in [0.3, 0.4) is 0 Å². The smallest absolute Gasteiger partial charge is 0.162 e. The fourth-order valence-corrected chi connectivity index (χ4v) is 3.91. The van der Waals surface area contributed by atoms with Crippen molar-refractivity contribution in [2.24, 2.45) is 0 Å². The van der Waals surface area contributed by atoms with Gasteiger partial charge in [-0.1, -0.05) is 17.7 Å². The molecule has 0 bridgehead atoms. The number of rotatable bonds is 3. The summed E-state index contributed by atoms with van der Waals surface area (Å²) in [5.41, 5.74) is 0.424. The predicted octanol–water partition coefficient (Wildman–Crippen LogP) is 4.26. The Labute approximate surface area is 139 Å². The summed E-state index contributed by atoms with van der Waals surface area (Å²) in [6, 6.07) is 6.60. The first kappa shape index (κ1) is 16.2. The van der Waals surface area contributed by atoms with Crippen molar-refractivity contribution >= 4 is 22.4 Å². The van der Waals surface area contributed by atoms with Crippen molar-refractivity contribution in [2.75, 3.05) is 13.2 Å². The van der Waals surface area contributed by atoms with E-state index in [1.54, 1.807) is 19.1 Å². The molecule has 1 aliphatic rings. The molecule has 0 saturated carbocycles. The van der Waals surface area contributed by atoms with Crippen LogP contribution in [0.4, 0.5) is 8.78 Å². The molecule has 2 atom stereocenters. The maximum atomic E-state index is 13.4. The number of ether oxygens (including phenoxy) is 2. The van der Waals surface area contributed by atoms with E-state index in [-0.39, 0.29) is 5.02 Å². The normalized spacial score (nSPS) is 16.0. The zero-order valence-electron chi connectivity index (χ0n) is 12.1. The van der Waals surface area contributed by atoms with Gasteiger partial charge in [0.05, 0.1) is 26.0 Å². The quantitative estimate of drug-likeness (QED) is 0.822. The molecule has 1 aliphatic heterocycles. The lowest BCUT2D eigenvalue weighted by Crippen LogP contribution is -2.16. The van der Waals surface area contributed by atoms with Crippen molar-refractivity contribution in [3.05, 3.63) is 52.6 Å². The fraction of sp³-hybridized carbons (Fsp3) is 0.250. The van der Waals surface area contributed by atoms with Gasteiger partial charge < -0.3 is 9.47 Å². The molecule has 7 heteroatoms. The highest BCUT2D eigenvalue weighted by Crippen LogP contribution is 2.39. The van der Waals surface area contributed by atoms with E-state index >= 15 is 0 Å². The van der Waals surface area contributed by atoms with Gasteiger partial charge in [-0.15, -0.1) is 0 Å². The molecule has 0 saturated heterocycles. The van der Waals surface area contributed by atoms with E-state index in [1.807, 2.05) is 0 Å². The highest BCUT2D eigenvalue weighted by Gasteiger charge is 2.23. The highest BCUT2D eigenvalue weighted by molar-refractivity contribution is 7.85. The summed E-state index contributed by atoms with van der Waals surface area (Å²) in [6.45, 7) is 2.49. The van der Waals surface area contributed by atoms with Gasteiger partial charge in [0.2, 0.25) is 0 Å². The highest BCUT2D eigenvalue weighted by atomic mass is 35.5. The van der Waals surface area contributed by atoms with Crippen LogP contribution in [0.25, 0.3) is 0 Å². The third kappa shape index (κ3) is 3.19. The first-order valence-corrected chi connectivity index (χ1v) is 8.51. The van der Waals surface area contributed by atoms with Gasteiger partial charge in [-0.3, -0.25) is 4.21 Å². The SMILES string of the molecule is CC(c1ccc(F)c(F)c1)S(=O)c1cc2c(cc1Cl)OCCO2. The third-order valence-electron chi connectivity index (χ3n) is 3.55. The fourth-order valence-electron chi connectivity index (χ4n) is 2.28. The molecule has 0 spiro atoms. The predicted molar refractivity (Wildman–Crippen MR) is 83.6 cm³/mol. The van der Waals surface area contributed by atoms with Gasteiger partial charge in [-0.25, -0.2) is 8.78 Å². The van der Waals surface area contributed by atoms with E-state index in [4.69, 9.17) is 21.1 Å². The Balaban J connectivity index is 1.94. The maximum absolute atomic E-state index is 13.4. The molecule has 1 heterocycles. The van der Waals surface area contributed by atoms with Gasteiger partial charge in [0.15, 0.2) is 23.1 Å². The molecule has 3 nitrogen and oxygen atoms in total. The van der Waals surface area contributed by atoms with Crippen molar-refractivity contribution in [3.63, 3.8) is 0 Å². The zero-order chi connectivity index (χ0) is 16.6. The van der Waals surface area contributed by atoms with E-state index < -0.39 is 27.7 Å².